The molecule has 136 valence electrons. The molecule has 0 atom stereocenters. The number of fused-ring (bicyclic) bond motifs is 1. The van der Waals surface area contributed by atoms with E-state index < -0.39 is 0 Å². The maximum absolute atomic E-state index is 12.7. The number of benzene rings is 1. The largest absolute Gasteiger partial charge is 0.462 e. The molecule has 2 heterocycles. The lowest BCUT2D eigenvalue weighted by molar-refractivity contribution is 0.0526. The second-order valence-electron chi connectivity index (χ2n) is 6.28. The number of carbonyl (C=O) groups excluding carboxylic acids is 1. The average molecular weight is 345 g/mol. The summed E-state index contributed by atoms with van der Waals surface area (Å²) in [5, 5.41) is 9.08. The zero-order valence-corrected chi connectivity index (χ0v) is 15.3. The summed E-state index contributed by atoms with van der Waals surface area (Å²) in [5.41, 5.74) is 3.57. The highest BCUT2D eigenvalue weighted by atomic mass is 16.5. The van der Waals surface area contributed by atoms with Crippen LogP contribution in [0.1, 0.15) is 49.5 Å². The van der Waals surface area contributed by atoms with Gasteiger partial charge in [0.05, 0.1) is 29.6 Å². The van der Waals surface area contributed by atoms with Crippen LogP contribution in [0.3, 0.4) is 0 Å². The molecule has 1 aliphatic rings. The normalized spacial score (nSPS) is 15.5. The molecular formula is C19H27N3O3. The minimum atomic E-state index is -0.264. The standard InChI is InChI=1S/C19H27N3O3/c1-4-13-11-16-15(12-20-22(16)5-2)18(17(13)19(23)25-6-3)21-14-7-9-24-10-8-14/h11-12,14,21H,4-10H2,1-3H3. The molecule has 0 saturated carbocycles. The number of nitrogens with one attached hydrogen (secondary N) is 1. The number of aryl methyl sites for hydroxylation is 2. The van der Waals surface area contributed by atoms with Crippen LogP contribution in [0.25, 0.3) is 10.9 Å². The fraction of sp³-hybridized carbons (Fsp3) is 0.579. The Labute approximate surface area is 148 Å². The number of anilines is 1. The van der Waals surface area contributed by atoms with Gasteiger partial charge < -0.3 is 14.8 Å². The highest BCUT2D eigenvalue weighted by molar-refractivity contribution is 6.07. The Morgan fingerprint density at radius 3 is 2.76 bits per heavy atom. The topological polar surface area (TPSA) is 65.4 Å². The third-order valence-electron chi connectivity index (χ3n) is 4.76. The number of hydrogen-bond acceptors (Lipinski definition) is 5. The van der Waals surface area contributed by atoms with Gasteiger partial charge in [0.1, 0.15) is 0 Å². The molecule has 3 rings (SSSR count). The Balaban J connectivity index is 2.14. The summed E-state index contributed by atoms with van der Waals surface area (Å²) in [6, 6.07) is 2.37. The zero-order chi connectivity index (χ0) is 17.8. The van der Waals surface area contributed by atoms with Gasteiger partial charge >= 0.3 is 5.97 Å². The maximum Gasteiger partial charge on any atom is 0.340 e. The van der Waals surface area contributed by atoms with E-state index >= 15 is 0 Å². The van der Waals surface area contributed by atoms with Crippen LogP contribution < -0.4 is 5.32 Å². The second-order valence-corrected chi connectivity index (χ2v) is 6.28. The van der Waals surface area contributed by atoms with E-state index in [1.165, 1.54) is 0 Å². The van der Waals surface area contributed by atoms with Crippen LogP contribution in [0.4, 0.5) is 5.69 Å². The smallest absolute Gasteiger partial charge is 0.340 e. The summed E-state index contributed by atoms with van der Waals surface area (Å²) >= 11 is 0. The number of rotatable bonds is 6. The molecule has 1 N–H and O–H groups in total. The third kappa shape index (κ3) is 3.49. The van der Waals surface area contributed by atoms with Crippen LogP contribution in [0, 0.1) is 0 Å². The molecule has 1 fully saturated rings. The minimum Gasteiger partial charge on any atom is -0.462 e. The second kappa shape index (κ2) is 7.87. The molecule has 0 radical (unpaired) electrons. The lowest BCUT2D eigenvalue weighted by Gasteiger charge is -2.26. The fourth-order valence-electron chi connectivity index (χ4n) is 3.44. The van der Waals surface area contributed by atoms with E-state index in [0.717, 1.165) is 61.2 Å². The molecule has 0 aliphatic carbocycles. The summed E-state index contributed by atoms with van der Waals surface area (Å²) in [4.78, 5) is 12.7. The quantitative estimate of drug-likeness (QED) is 0.813. The molecule has 0 amide bonds. The van der Waals surface area contributed by atoms with Crippen LogP contribution in [-0.4, -0.2) is 41.6 Å². The van der Waals surface area contributed by atoms with Gasteiger partial charge in [-0.2, -0.15) is 5.10 Å². The van der Waals surface area contributed by atoms with Gasteiger partial charge in [-0.1, -0.05) is 6.92 Å². The molecule has 1 saturated heterocycles. The van der Waals surface area contributed by atoms with Crippen LogP contribution in [0.2, 0.25) is 0 Å². The number of aromatic nitrogens is 2. The van der Waals surface area contributed by atoms with Crippen LogP contribution >= 0.6 is 0 Å². The van der Waals surface area contributed by atoms with E-state index in [1.807, 2.05) is 17.8 Å². The number of nitrogens with zero attached hydrogens (tertiary/aromatic N) is 2. The van der Waals surface area contributed by atoms with E-state index in [1.54, 1.807) is 0 Å². The first kappa shape index (κ1) is 17.7. The first-order chi connectivity index (χ1) is 12.2. The molecule has 25 heavy (non-hydrogen) atoms. The van der Waals surface area contributed by atoms with Crippen molar-refractivity contribution in [1.82, 2.24) is 9.78 Å². The number of esters is 1. The van der Waals surface area contributed by atoms with Crippen molar-refractivity contribution < 1.29 is 14.3 Å². The average Bonchev–Trinajstić information content (AvgIpc) is 3.05. The Hall–Kier alpha value is -2.08. The SMILES string of the molecule is CCOC(=O)c1c(CC)cc2c(cnn2CC)c1NC1CCOCC1. The van der Waals surface area contributed by atoms with Crippen LogP contribution in [-0.2, 0) is 22.4 Å². The van der Waals surface area contributed by atoms with E-state index in [2.05, 4.69) is 30.3 Å². The van der Waals surface area contributed by atoms with Gasteiger partial charge in [0.25, 0.3) is 0 Å². The van der Waals surface area contributed by atoms with Gasteiger partial charge in [-0.3, -0.25) is 4.68 Å². The summed E-state index contributed by atoms with van der Waals surface area (Å²) in [7, 11) is 0. The fourth-order valence-corrected chi connectivity index (χ4v) is 3.44. The minimum absolute atomic E-state index is 0.264. The Kier molecular flexibility index (Phi) is 5.58. The number of hydrogen-bond donors (Lipinski definition) is 1. The van der Waals surface area contributed by atoms with Crippen molar-refractivity contribution in [2.24, 2.45) is 0 Å². The highest BCUT2D eigenvalue weighted by Gasteiger charge is 2.24. The van der Waals surface area contributed by atoms with E-state index in [9.17, 15) is 4.79 Å². The van der Waals surface area contributed by atoms with E-state index in [4.69, 9.17) is 9.47 Å². The van der Waals surface area contributed by atoms with E-state index in [0.29, 0.717) is 18.2 Å². The molecular weight excluding hydrogens is 318 g/mol. The van der Waals surface area contributed by atoms with Crippen molar-refractivity contribution >= 4 is 22.6 Å². The van der Waals surface area contributed by atoms with Gasteiger partial charge in [-0.25, -0.2) is 4.79 Å². The first-order valence-electron chi connectivity index (χ1n) is 9.22. The summed E-state index contributed by atoms with van der Waals surface area (Å²) in [5.74, 6) is -0.264. The summed E-state index contributed by atoms with van der Waals surface area (Å²) in [6.07, 6.45) is 4.48. The van der Waals surface area contributed by atoms with Crippen LogP contribution in [0.5, 0.6) is 0 Å². The predicted octanol–water partition coefficient (Wildman–Crippen LogP) is 3.39. The monoisotopic (exact) mass is 345 g/mol. The number of carbonyl (C=O) groups is 1. The molecule has 0 unspecified atom stereocenters. The molecule has 1 aromatic heterocycles. The van der Waals surface area contributed by atoms with Gasteiger partial charge in [-0.15, -0.1) is 0 Å². The van der Waals surface area contributed by atoms with Crippen molar-refractivity contribution in [1.29, 1.82) is 0 Å². The molecule has 1 aliphatic heterocycles. The summed E-state index contributed by atoms with van der Waals surface area (Å²) in [6.45, 7) is 8.63. The highest BCUT2D eigenvalue weighted by Crippen LogP contribution is 2.33. The van der Waals surface area contributed by atoms with Crippen molar-refractivity contribution in [3.05, 3.63) is 23.4 Å². The van der Waals surface area contributed by atoms with E-state index in [-0.39, 0.29) is 5.97 Å². The predicted molar refractivity (Wildman–Crippen MR) is 98.2 cm³/mol. The molecule has 0 bridgehead atoms. The Morgan fingerprint density at radius 1 is 1.36 bits per heavy atom. The van der Waals surface area contributed by atoms with Crippen molar-refractivity contribution in [3.63, 3.8) is 0 Å². The van der Waals surface area contributed by atoms with Crippen molar-refractivity contribution in [3.8, 4) is 0 Å². The van der Waals surface area contributed by atoms with Gasteiger partial charge in [-0.05, 0) is 44.7 Å². The summed E-state index contributed by atoms with van der Waals surface area (Å²) < 4.78 is 12.8. The molecule has 1 aromatic carbocycles. The van der Waals surface area contributed by atoms with Gasteiger partial charge in [0.2, 0.25) is 0 Å². The molecule has 0 spiro atoms. The first-order valence-corrected chi connectivity index (χ1v) is 9.22. The molecule has 2 aromatic rings. The Bertz CT molecular complexity index is 748. The molecule has 6 heteroatoms. The lowest BCUT2D eigenvalue weighted by atomic mass is 9.98. The Morgan fingerprint density at radius 2 is 2.12 bits per heavy atom. The van der Waals surface area contributed by atoms with Crippen LogP contribution in [0.15, 0.2) is 12.3 Å². The zero-order valence-electron chi connectivity index (χ0n) is 15.3. The van der Waals surface area contributed by atoms with Crippen molar-refractivity contribution in [2.45, 2.75) is 52.6 Å². The van der Waals surface area contributed by atoms with Gasteiger partial charge in [0, 0.05) is 31.2 Å². The molecule has 6 nitrogen and oxygen atoms in total. The van der Waals surface area contributed by atoms with Crippen molar-refractivity contribution in [2.75, 3.05) is 25.1 Å². The third-order valence-corrected chi connectivity index (χ3v) is 4.76. The van der Waals surface area contributed by atoms with Gasteiger partial charge in [0.15, 0.2) is 0 Å². The lowest BCUT2D eigenvalue weighted by Crippen LogP contribution is -2.29. The number of ether oxygens (including phenoxy) is 2. The maximum atomic E-state index is 12.7.